The smallest absolute Gasteiger partial charge is 0.256 e. The van der Waals surface area contributed by atoms with Crippen LogP contribution in [0.15, 0.2) is 55.4 Å². The first-order valence-electron chi connectivity index (χ1n) is 7.60. The Bertz CT molecular complexity index is 875. The van der Waals surface area contributed by atoms with Gasteiger partial charge in [-0.2, -0.15) is 0 Å². The summed E-state index contributed by atoms with van der Waals surface area (Å²) in [6.45, 7) is 8.80. The summed E-state index contributed by atoms with van der Waals surface area (Å²) in [5.41, 5.74) is 3.67. The van der Waals surface area contributed by atoms with Crippen LogP contribution in [0, 0.1) is 0 Å². The van der Waals surface area contributed by atoms with E-state index in [0.29, 0.717) is 11.4 Å². The molecule has 0 saturated carbocycles. The highest BCUT2D eigenvalue weighted by atomic mass is 16.1. The van der Waals surface area contributed by atoms with Crippen molar-refractivity contribution < 1.29 is 4.79 Å². The van der Waals surface area contributed by atoms with Gasteiger partial charge in [-0.15, -0.1) is 0 Å². The second-order valence-electron chi connectivity index (χ2n) is 5.54. The van der Waals surface area contributed by atoms with E-state index in [1.807, 2.05) is 37.4 Å². The molecule has 3 aromatic rings. The minimum absolute atomic E-state index is 0.167. The van der Waals surface area contributed by atoms with Crippen molar-refractivity contribution in [2.75, 3.05) is 5.32 Å². The Morgan fingerprint density at radius 2 is 1.91 bits per heavy atom. The summed E-state index contributed by atoms with van der Waals surface area (Å²) in [6, 6.07) is 11.3. The zero-order valence-corrected chi connectivity index (χ0v) is 13.3. The highest BCUT2D eigenvalue weighted by molar-refractivity contribution is 6.04. The van der Waals surface area contributed by atoms with E-state index >= 15 is 0 Å². The molecule has 0 aliphatic rings. The van der Waals surface area contributed by atoms with E-state index in [0.717, 1.165) is 28.6 Å². The number of fused-ring (bicyclic) bond motifs is 1. The lowest BCUT2D eigenvalue weighted by molar-refractivity contribution is 0.102. The van der Waals surface area contributed by atoms with Crippen LogP contribution in [-0.4, -0.2) is 15.5 Å². The monoisotopic (exact) mass is 305 g/mol. The van der Waals surface area contributed by atoms with Crippen LogP contribution in [0.4, 0.5) is 5.82 Å². The number of amides is 1. The highest BCUT2D eigenvalue weighted by Gasteiger charge is 2.09. The van der Waals surface area contributed by atoms with Gasteiger partial charge in [0.05, 0.1) is 5.52 Å². The van der Waals surface area contributed by atoms with E-state index in [9.17, 15) is 4.79 Å². The third-order valence-corrected chi connectivity index (χ3v) is 3.88. The van der Waals surface area contributed by atoms with Crippen molar-refractivity contribution in [2.24, 2.45) is 0 Å². The zero-order chi connectivity index (χ0) is 16.4. The van der Waals surface area contributed by atoms with Crippen LogP contribution < -0.4 is 5.32 Å². The molecule has 0 aliphatic heterocycles. The molecule has 0 bridgehead atoms. The van der Waals surface area contributed by atoms with E-state index in [1.54, 1.807) is 18.3 Å². The van der Waals surface area contributed by atoms with Crippen molar-refractivity contribution in [1.82, 2.24) is 9.55 Å². The molecule has 1 aromatic carbocycles. The van der Waals surface area contributed by atoms with Gasteiger partial charge in [-0.1, -0.05) is 24.3 Å². The minimum atomic E-state index is -0.167. The van der Waals surface area contributed by atoms with Crippen molar-refractivity contribution >= 4 is 28.2 Å². The molecule has 1 amide bonds. The molecule has 0 radical (unpaired) electrons. The topological polar surface area (TPSA) is 46.9 Å². The first kappa shape index (κ1) is 15.0. The number of nitrogens with one attached hydrogen (secondary N) is 1. The number of carbonyl (C=O) groups excluding carboxylic acids is 1. The Hall–Kier alpha value is -2.88. The number of rotatable bonds is 4. The predicted molar refractivity (Wildman–Crippen MR) is 94.5 cm³/mol. The number of nitrogens with zero attached hydrogens (tertiary/aromatic N) is 2. The standard InChI is InChI=1S/C19H19N3O/c1-4-22-10-9-16-12-20-18(11-17(16)22)21-19(23)15-7-5-14(6-8-15)13(2)3/h5-12H,2,4H2,1,3H3,(H,20,21,23). The van der Waals surface area contributed by atoms with Gasteiger partial charge in [0.1, 0.15) is 5.82 Å². The van der Waals surface area contributed by atoms with Crippen LogP contribution in [0.2, 0.25) is 0 Å². The van der Waals surface area contributed by atoms with Gasteiger partial charge in [-0.3, -0.25) is 4.79 Å². The number of anilines is 1. The molecule has 116 valence electrons. The lowest BCUT2D eigenvalue weighted by Gasteiger charge is -2.07. The lowest BCUT2D eigenvalue weighted by atomic mass is 10.1. The Balaban J connectivity index is 1.83. The van der Waals surface area contributed by atoms with E-state index in [1.165, 1.54) is 0 Å². The SMILES string of the molecule is C=C(C)c1ccc(C(=O)Nc2cc3c(ccn3CC)cn2)cc1. The van der Waals surface area contributed by atoms with Crippen molar-refractivity contribution in [3.63, 3.8) is 0 Å². The second kappa shape index (κ2) is 6.08. The van der Waals surface area contributed by atoms with Crippen molar-refractivity contribution in [1.29, 1.82) is 0 Å². The number of aryl methyl sites for hydroxylation is 1. The molecular weight excluding hydrogens is 286 g/mol. The van der Waals surface area contributed by atoms with Gasteiger partial charge < -0.3 is 9.88 Å². The van der Waals surface area contributed by atoms with Crippen LogP contribution in [-0.2, 0) is 6.54 Å². The summed E-state index contributed by atoms with van der Waals surface area (Å²) < 4.78 is 2.12. The predicted octanol–water partition coefficient (Wildman–Crippen LogP) is 4.34. The molecule has 3 rings (SSSR count). The maximum Gasteiger partial charge on any atom is 0.256 e. The number of hydrogen-bond acceptors (Lipinski definition) is 2. The van der Waals surface area contributed by atoms with E-state index in [4.69, 9.17) is 0 Å². The van der Waals surface area contributed by atoms with Crippen molar-refractivity contribution in [2.45, 2.75) is 20.4 Å². The molecule has 0 fully saturated rings. The lowest BCUT2D eigenvalue weighted by Crippen LogP contribution is -2.13. The summed E-state index contributed by atoms with van der Waals surface area (Å²) in [7, 11) is 0. The van der Waals surface area contributed by atoms with Gasteiger partial charge in [0, 0.05) is 36.0 Å². The van der Waals surface area contributed by atoms with Gasteiger partial charge in [0.2, 0.25) is 0 Å². The average Bonchev–Trinajstić information content (AvgIpc) is 2.97. The highest BCUT2D eigenvalue weighted by Crippen LogP contribution is 2.19. The molecule has 0 spiro atoms. The number of pyridine rings is 1. The molecule has 0 unspecified atom stereocenters. The quantitative estimate of drug-likeness (QED) is 0.779. The van der Waals surface area contributed by atoms with Gasteiger partial charge in [-0.05, 0) is 37.6 Å². The number of hydrogen-bond donors (Lipinski definition) is 1. The summed E-state index contributed by atoms with van der Waals surface area (Å²) in [5.74, 6) is 0.389. The van der Waals surface area contributed by atoms with Gasteiger partial charge in [0.15, 0.2) is 0 Å². The van der Waals surface area contributed by atoms with E-state index in [2.05, 4.69) is 28.4 Å². The third-order valence-electron chi connectivity index (χ3n) is 3.88. The fourth-order valence-electron chi connectivity index (χ4n) is 2.52. The molecule has 0 saturated heterocycles. The summed E-state index contributed by atoms with van der Waals surface area (Å²) in [6.07, 6.45) is 3.80. The van der Waals surface area contributed by atoms with Crippen LogP contribution in [0.1, 0.15) is 29.8 Å². The molecule has 23 heavy (non-hydrogen) atoms. The zero-order valence-electron chi connectivity index (χ0n) is 13.3. The number of benzene rings is 1. The van der Waals surface area contributed by atoms with E-state index < -0.39 is 0 Å². The first-order valence-corrected chi connectivity index (χ1v) is 7.60. The second-order valence-corrected chi connectivity index (χ2v) is 5.54. The molecule has 2 aromatic heterocycles. The van der Waals surface area contributed by atoms with Gasteiger partial charge in [-0.25, -0.2) is 4.98 Å². The molecule has 2 heterocycles. The molecule has 0 atom stereocenters. The molecule has 0 aliphatic carbocycles. The first-order chi connectivity index (χ1) is 11.1. The summed E-state index contributed by atoms with van der Waals surface area (Å²) >= 11 is 0. The fourth-order valence-corrected chi connectivity index (χ4v) is 2.52. The fraction of sp³-hybridized carbons (Fsp3) is 0.158. The largest absolute Gasteiger partial charge is 0.348 e. The molecule has 4 heteroatoms. The Morgan fingerprint density at radius 1 is 1.22 bits per heavy atom. The summed E-state index contributed by atoms with van der Waals surface area (Å²) in [5, 5.41) is 3.92. The average molecular weight is 305 g/mol. The Labute approximate surface area is 135 Å². The Morgan fingerprint density at radius 3 is 2.57 bits per heavy atom. The number of aromatic nitrogens is 2. The summed E-state index contributed by atoms with van der Waals surface area (Å²) in [4.78, 5) is 16.7. The van der Waals surface area contributed by atoms with Gasteiger partial charge >= 0.3 is 0 Å². The Kier molecular flexibility index (Phi) is 3.98. The molecule has 4 nitrogen and oxygen atoms in total. The van der Waals surface area contributed by atoms with E-state index in [-0.39, 0.29) is 5.91 Å². The number of carbonyl (C=O) groups is 1. The normalized spacial score (nSPS) is 10.7. The minimum Gasteiger partial charge on any atom is -0.348 e. The van der Waals surface area contributed by atoms with Crippen LogP contribution in [0.25, 0.3) is 16.5 Å². The number of allylic oxidation sites excluding steroid dienone is 1. The maximum absolute atomic E-state index is 12.3. The van der Waals surface area contributed by atoms with Crippen LogP contribution in [0.3, 0.4) is 0 Å². The van der Waals surface area contributed by atoms with Crippen molar-refractivity contribution in [3.05, 3.63) is 66.5 Å². The van der Waals surface area contributed by atoms with Gasteiger partial charge in [0.25, 0.3) is 5.91 Å². The van der Waals surface area contributed by atoms with Crippen LogP contribution >= 0.6 is 0 Å². The molecule has 1 N–H and O–H groups in total. The molecular formula is C19H19N3O. The van der Waals surface area contributed by atoms with Crippen LogP contribution in [0.5, 0.6) is 0 Å². The third kappa shape index (κ3) is 3.01. The van der Waals surface area contributed by atoms with Crippen molar-refractivity contribution in [3.8, 4) is 0 Å². The maximum atomic E-state index is 12.3.